The molecule has 0 N–H and O–H groups in total. The van der Waals surface area contributed by atoms with Crippen LogP contribution in [0.4, 0.5) is 0 Å². The molecule has 2 aliphatic carbocycles. The highest BCUT2D eigenvalue weighted by atomic mass is 16.9. The Morgan fingerprint density at radius 3 is 2.32 bits per heavy atom. The summed E-state index contributed by atoms with van der Waals surface area (Å²) in [5.41, 5.74) is 0. The van der Waals surface area contributed by atoms with Crippen LogP contribution in [0, 0.1) is 17.8 Å². The highest BCUT2D eigenvalue weighted by Crippen LogP contribution is 2.60. The van der Waals surface area contributed by atoms with Gasteiger partial charge in [-0.3, -0.25) is 0 Å². The van der Waals surface area contributed by atoms with E-state index < -0.39 is 11.8 Å². The molecule has 5 nitrogen and oxygen atoms in total. The van der Waals surface area contributed by atoms with Crippen molar-refractivity contribution >= 4 is 0 Å². The summed E-state index contributed by atoms with van der Waals surface area (Å²) in [5.74, 6) is -0.400. The highest BCUT2D eigenvalue weighted by molar-refractivity contribution is 5.25. The molecule has 1 heterocycles. The lowest BCUT2D eigenvalue weighted by atomic mass is 9.84. The summed E-state index contributed by atoms with van der Waals surface area (Å²) in [6.07, 6.45) is 5.82. The first-order valence-corrected chi connectivity index (χ1v) is 6.79. The molecule has 0 amide bonds. The molecule has 2 fully saturated rings. The Morgan fingerprint density at radius 2 is 1.74 bits per heavy atom. The summed E-state index contributed by atoms with van der Waals surface area (Å²) in [6, 6.07) is 0. The Hall–Kier alpha value is -0.620. The van der Waals surface area contributed by atoms with E-state index >= 15 is 0 Å². The zero-order valence-electron chi connectivity index (χ0n) is 12.0. The van der Waals surface area contributed by atoms with E-state index in [1.165, 1.54) is 12.8 Å². The minimum absolute atomic E-state index is 0.0369. The van der Waals surface area contributed by atoms with Gasteiger partial charge in [-0.05, 0) is 30.8 Å². The maximum atomic E-state index is 5.97. The van der Waals surface area contributed by atoms with Crippen molar-refractivity contribution in [3.8, 4) is 0 Å². The van der Waals surface area contributed by atoms with E-state index in [1.54, 1.807) is 28.4 Å². The van der Waals surface area contributed by atoms with E-state index in [-0.39, 0.29) is 5.92 Å². The predicted molar refractivity (Wildman–Crippen MR) is 67.0 cm³/mol. The molecule has 0 aromatic rings. The van der Waals surface area contributed by atoms with Gasteiger partial charge in [0.2, 0.25) is 0 Å². The minimum atomic E-state index is -1.33. The van der Waals surface area contributed by atoms with E-state index in [0.29, 0.717) is 11.8 Å². The van der Waals surface area contributed by atoms with Gasteiger partial charge in [-0.2, -0.15) is 0 Å². The summed E-state index contributed by atoms with van der Waals surface area (Å²) in [6.45, 7) is 0. The lowest BCUT2D eigenvalue weighted by Crippen LogP contribution is -2.60. The van der Waals surface area contributed by atoms with Gasteiger partial charge >= 0.3 is 5.97 Å². The molecule has 0 aromatic carbocycles. The van der Waals surface area contributed by atoms with Gasteiger partial charge in [-0.15, -0.1) is 0 Å². The number of hydrogen-bond donors (Lipinski definition) is 0. The third kappa shape index (κ3) is 1.44. The molecule has 5 heteroatoms. The van der Waals surface area contributed by atoms with Crippen LogP contribution in [0.3, 0.4) is 0 Å². The van der Waals surface area contributed by atoms with Crippen LogP contribution in [0.2, 0.25) is 0 Å². The van der Waals surface area contributed by atoms with Crippen LogP contribution < -0.4 is 0 Å². The zero-order chi connectivity index (χ0) is 13.7. The van der Waals surface area contributed by atoms with Crippen molar-refractivity contribution < 1.29 is 23.7 Å². The van der Waals surface area contributed by atoms with Crippen LogP contribution in [0.5, 0.6) is 0 Å². The average molecular weight is 270 g/mol. The molecule has 0 unspecified atom stereocenters. The third-order valence-corrected chi connectivity index (χ3v) is 4.97. The number of methoxy groups -OCH3 is 4. The SMILES string of the molecule is COC1(OC)OC2=C[C@@H]3CCC[C@@H]3[C@H]2C1(OC)OC. The molecule has 3 atom stereocenters. The molecule has 1 saturated carbocycles. The van der Waals surface area contributed by atoms with Crippen LogP contribution in [0.1, 0.15) is 19.3 Å². The molecule has 0 aromatic heterocycles. The lowest BCUT2D eigenvalue weighted by Gasteiger charge is -2.41. The summed E-state index contributed by atoms with van der Waals surface area (Å²) in [7, 11) is 6.32. The monoisotopic (exact) mass is 270 g/mol. The Labute approximate surface area is 113 Å². The summed E-state index contributed by atoms with van der Waals surface area (Å²) in [4.78, 5) is 0. The summed E-state index contributed by atoms with van der Waals surface area (Å²) >= 11 is 0. The number of rotatable bonds is 4. The van der Waals surface area contributed by atoms with E-state index in [4.69, 9.17) is 23.7 Å². The quantitative estimate of drug-likeness (QED) is 0.730. The molecule has 3 aliphatic rings. The smallest absolute Gasteiger partial charge is 0.384 e. The first-order chi connectivity index (χ1) is 9.18. The zero-order valence-corrected chi connectivity index (χ0v) is 12.0. The molecule has 108 valence electrons. The number of allylic oxidation sites excluding steroid dienone is 1. The molecule has 0 radical (unpaired) electrons. The van der Waals surface area contributed by atoms with Gasteiger partial charge in [0.05, 0.1) is 5.92 Å². The molecule has 1 saturated heterocycles. The van der Waals surface area contributed by atoms with Crippen molar-refractivity contribution in [1.82, 2.24) is 0 Å². The average Bonchev–Trinajstić information content (AvgIpc) is 3.06. The van der Waals surface area contributed by atoms with Gasteiger partial charge in [-0.25, -0.2) is 0 Å². The Morgan fingerprint density at radius 1 is 1.05 bits per heavy atom. The number of fused-ring (bicyclic) bond motifs is 3. The van der Waals surface area contributed by atoms with Crippen molar-refractivity contribution in [3.05, 3.63) is 11.8 Å². The van der Waals surface area contributed by atoms with Crippen molar-refractivity contribution in [2.75, 3.05) is 28.4 Å². The second-order valence-electron chi connectivity index (χ2n) is 5.45. The van der Waals surface area contributed by atoms with Gasteiger partial charge in [0.1, 0.15) is 5.76 Å². The Balaban J connectivity index is 2.07. The number of ether oxygens (including phenoxy) is 5. The Kier molecular flexibility index (Phi) is 3.13. The molecular weight excluding hydrogens is 248 g/mol. The highest BCUT2D eigenvalue weighted by Gasteiger charge is 2.73. The maximum absolute atomic E-state index is 5.97. The maximum Gasteiger partial charge on any atom is 0.384 e. The molecule has 0 bridgehead atoms. The minimum Gasteiger partial charge on any atom is -0.439 e. The van der Waals surface area contributed by atoms with Gasteiger partial charge in [0, 0.05) is 28.4 Å². The molecule has 1 aliphatic heterocycles. The lowest BCUT2D eigenvalue weighted by molar-refractivity contribution is -0.454. The van der Waals surface area contributed by atoms with Crippen LogP contribution in [0.15, 0.2) is 11.8 Å². The summed E-state index contributed by atoms with van der Waals surface area (Å²) < 4.78 is 28.4. The third-order valence-electron chi connectivity index (χ3n) is 4.97. The topological polar surface area (TPSA) is 46.2 Å². The first-order valence-electron chi connectivity index (χ1n) is 6.79. The molecule has 3 rings (SSSR count). The van der Waals surface area contributed by atoms with E-state index in [2.05, 4.69) is 6.08 Å². The van der Waals surface area contributed by atoms with Crippen molar-refractivity contribution in [2.24, 2.45) is 17.8 Å². The summed E-state index contributed by atoms with van der Waals surface area (Å²) in [5, 5.41) is 0. The van der Waals surface area contributed by atoms with Gasteiger partial charge in [0.25, 0.3) is 5.79 Å². The van der Waals surface area contributed by atoms with Crippen LogP contribution in [0.25, 0.3) is 0 Å². The van der Waals surface area contributed by atoms with Crippen LogP contribution in [-0.2, 0) is 23.7 Å². The standard InChI is InChI=1S/C14H22O5/c1-15-13(16-2)12-10-7-5-6-9(10)8-11(12)19-14(13,17-3)18-4/h8-10,12H,5-7H2,1-4H3/t9-,10-,12+/m0/s1. The molecule has 19 heavy (non-hydrogen) atoms. The van der Waals surface area contributed by atoms with E-state index in [0.717, 1.165) is 12.2 Å². The van der Waals surface area contributed by atoms with Crippen molar-refractivity contribution in [3.63, 3.8) is 0 Å². The number of hydrogen-bond acceptors (Lipinski definition) is 5. The van der Waals surface area contributed by atoms with Crippen molar-refractivity contribution in [2.45, 2.75) is 31.0 Å². The van der Waals surface area contributed by atoms with Gasteiger partial charge in [-0.1, -0.05) is 6.42 Å². The largest absolute Gasteiger partial charge is 0.439 e. The molecule has 0 spiro atoms. The first kappa shape index (κ1) is 13.4. The normalized spacial score (nSPS) is 37.7. The fourth-order valence-corrected chi connectivity index (χ4v) is 4.19. The second kappa shape index (κ2) is 4.45. The van der Waals surface area contributed by atoms with Gasteiger partial charge < -0.3 is 23.7 Å². The fraction of sp³-hybridized carbons (Fsp3) is 0.857. The van der Waals surface area contributed by atoms with E-state index in [1.807, 2.05) is 0 Å². The van der Waals surface area contributed by atoms with Crippen LogP contribution >= 0.6 is 0 Å². The predicted octanol–water partition coefficient (Wildman–Crippen LogP) is 1.88. The van der Waals surface area contributed by atoms with E-state index in [9.17, 15) is 0 Å². The Bertz CT molecular complexity index is 383. The van der Waals surface area contributed by atoms with Gasteiger partial charge in [0.15, 0.2) is 0 Å². The second-order valence-corrected chi connectivity index (χ2v) is 5.45. The van der Waals surface area contributed by atoms with Crippen LogP contribution in [-0.4, -0.2) is 40.2 Å². The molecular formula is C14H22O5. The fourth-order valence-electron chi connectivity index (χ4n) is 4.19. The van der Waals surface area contributed by atoms with Crippen molar-refractivity contribution in [1.29, 1.82) is 0 Å².